The van der Waals surface area contributed by atoms with Crippen LogP contribution in [0.2, 0.25) is 0 Å². The van der Waals surface area contributed by atoms with Gasteiger partial charge in [-0.25, -0.2) is 0 Å². The zero-order valence-electron chi connectivity index (χ0n) is 17.4. The first kappa shape index (κ1) is 21.3. The molecular formula is C25H21N3O3S. The Hall–Kier alpha value is -3.97. The molecule has 0 unspecified atom stereocenters. The lowest BCUT2D eigenvalue weighted by Gasteiger charge is -2.16. The lowest BCUT2D eigenvalue weighted by atomic mass is 10.2. The third-order valence-corrected chi connectivity index (χ3v) is 5.15. The molecule has 4 rings (SSSR count). The number of nitrogens with zero attached hydrogens (tertiary/aromatic N) is 3. The summed E-state index contributed by atoms with van der Waals surface area (Å²) < 4.78 is 8.45. The van der Waals surface area contributed by atoms with Gasteiger partial charge in [-0.2, -0.15) is 0 Å². The molecule has 0 saturated carbocycles. The van der Waals surface area contributed by atoms with Crippen LogP contribution < -0.4 is 10.3 Å². The molecule has 160 valence electrons. The SMILES string of the molecule is CCOc1ccc(N=Cc2c(O)n(-c3ccccc3)c(=S)n(-c3ccccc3)c2=O)cc1. The predicted molar refractivity (Wildman–Crippen MR) is 129 cm³/mol. The Morgan fingerprint density at radius 2 is 1.47 bits per heavy atom. The monoisotopic (exact) mass is 443 g/mol. The van der Waals surface area contributed by atoms with Crippen molar-refractivity contribution in [3.05, 3.63) is 106 Å². The fraction of sp³-hybridized carbons (Fsp3) is 0.0800. The van der Waals surface area contributed by atoms with Gasteiger partial charge in [-0.1, -0.05) is 36.4 Å². The maximum atomic E-state index is 13.4. The molecule has 1 aromatic heterocycles. The van der Waals surface area contributed by atoms with Crippen LogP contribution in [0.15, 0.2) is 94.7 Å². The van der Waals surface area contributed by atoms with Crippen LogP contribution in [0, 0.1) is 4.77 Å². The van der Waals surface area contributed by atoms with Gasteiger partial charge in [-0.05, 0) is 67.7 Å². The average molecular weight is 444 g/mol. The first-order valence-corrected chi connectivity index (χ1v) is 10.5. The molecule has 32 heavy (non-hydrogen) atoms. The van der Waals surface area contributed by atoms with Gasteiger partial charge in [-0.3, -0.25) is 18.9 Å². The maximum Gasteiger partial charge on any atom is 0.271 e. The number of para-hydroxylation sites is 2. The van der Waals surface area contributed by atoms with Crippen molar-refractivity contribution < 1.29 is 9.84 Å². The fourth-order valence-corrected chi connectivity index (χ4v) is 3.66. The Labute approximate surface area is 190 Å². The molecule has 0 bridgehead atoms. The van der Waals surface area contributed by atoms with Crippen LogP contribution in [-0.4, -0.2) is 27.1 Å². The number of aromatic hydroxyl groups is 1. The molecule has 0 fully saturated rings. The van der Waals surface area contributed by atoms with Gasteiger partial charge in [0.25, 0.3) is 5.56 Å². The molecule has 3 aromatic carbocycles. The molecule has 0 aliphatic rings. The second kappa shape index (κ2) is 9.45. The van der Waals surface area contributed by atoms with Gasteiger partial charge in [0.05, 0.1) is 23.7 Å². The van der Waals surface area contributed by atoms with Crippen molar-refractivity contribution in [2.24, 2.45) is 4.99 Å². The second-order valence-electron chi connectivity index (χ2n) is 6.85. The van der Waals surface area contributed by atoms with E-state index in [4.69, 9.17) is 17.0 Å². The highest BCUT2D eigenvalue weighted by molar-refractivity contribution is 7.71. The molecule has 0 atom stereocenters. The van der Waals surface area contributed by atoms with Gasteiger partial charge < -0.3 is 9.84 Å². The number of ether oxygens (including phenoxy) is 1. The smallest absolute Gasteiger partial charge is 0.271 e. The number of hydrogen-bond acceptors (Lipinski definition) is 5. The molecule has 0 amide bonds. The van der Waals surface area contributed by atoms with Gasteiger partial charge in [0.15, 0.2) is 4.77 Å². The Morgan fingerprint density at radius 3 is 2.03 bits per heavy atom. The van der Waals surface area contributed by atoms with Crippen LogP contribution in [0.25, 0.3) is 11.4 Å². The summed E-state index contributed by atoms with van der Waals surface area (Å²) in [6.45, 7) is 2.49. The summed E-state index contributed by atoms with van der Waals surface area (Å²) in [6.07, 6.45) is 1.36. The summed E-state index contributed by atoms with van der Waals surface area (Å²) in [5.41, 5.74) is 1.42. The number of aromatic nitrogens is 2. The molecule has 0 aliphatic carbocycles. The third-order valence-electron chi connectivity index (χ3n) is 4.79. The van der Waals surface area contributed by atoms with Crippen LogP contribution in [-0.2, 0) is 0 Å². The minimum Gasteiger partial charge on any atom is -0.494 e. The van der Waals surface area contributed by atoms with E-state index >= 15 is 0 Å². The van der Waals surface area contributed by atoms with E-state index < -0.39 is 5.56 Å². The summed E-state index contributed by atoms with van der Waals surface area (Å²) in [4.78, 5) is 17.8. The first-order chi connectivity index (χ1) is 15.6. The number of hydrogen-bond donors (Lipinski definition) is 1. The molecule has 1 N–H and O–H groups in total. The standard InChI is InChI=1S/C25H21N3O3S/c1-2-31-21-15-13-18(14-16-21)26-17-22-23(29)27(19-9-5-3-6-10-19)25(32)28(24(22)30)20-11-7-4-8-12-20/h3-17,29H,2H2,1H3. The summed E-state index contributed by atoms with van der Waals surface area (Å²) >= 11 is 5.61. The minimum absolute atomic E-state index is 0.0280. The highest BCUT2D eigenvalue weighted by Gasteiger charge is 2.17. The lowest BCUT2D eigenvalue weighted by Crippen LogP contribution is -2.27. The summed E-state index contributed by atoms with van der Waals surface area (Å²) in [7, 11) is 0. The molecule has 0 aliphatic heterocycles. The van der Waals surface area contributed by atoms with Gasteiger partial charge >= 0.3 is 0 Å². The van der Waals surface area contributed by atoms with Crippen molar-refractivity contribution in [2.75, 3.05) is 6.61 Å². The van der Waals surface area contributed by atoms with Gasteiger partial charge in [-0.15, -0.1) is 0 Å². The van der Waals surface area contributed by atoms with Crippen molar-refractivity contribution in [3.63, 3.8) is 0 Å². The van der Waals surface area contributed by atoms with E-state index in [2.05, 4.69) is 4.99 Å². The maximum absolute atomic E-state index is 13.4. The van der Waals surface area contributed by atoms with Crippen molar-refractivity contribution in [1.29, 1.82) is 0 Å². The van der Waals surface area contributed by atoms with E-state index in [1.54, 1.807) is 36.4 Å². The van der Waals surface area contributed by atoms with E-state index in [0.29, 0.717) is 23.7 Å². The molecule has 0 spiro atoms. The Bertz CT molecular complexity index is 1360. The van der Waals surface area contributed by atoms with Gasteiger partial charge in [0.2, 0.25) is 5.88 Å². The molecule has 7 heteroatoms. The van der Waals surface area contributed by atoms with Crippen molar-refractivity contribution in [3.8, 4) is 23.0 Å². The summed E-state index contributed by atoms with van der Waals surface area (Å²) in [6, 6.07) is 25.4. The van der Waals surface area contributed by atoms with E-state index in [1.807, 2.05) is 55.5 Å². The Balaban J connectivity index is 1.90. The molecule has 1 heterocycles. The van der Waals surface area contributed by atoms with Crippen LogP contribution >= 0.6 is 12.2 Å². The molecule has 0 saturated heterocycles. The van der Waals surface area contributed by atoms with Crippen molar-refractivity contribution in [2.45, 2.75) is 6.92 Å². The van der Waals surface area contributed by atoms with E-state index in [-0.39, 0.29) is 16.2 Å². The number of rotatable bonds is 6. The highest BCUT2D eigenvalue weighted by atomic mass is 32.1. The summed E-state index contributed by atoms with van der Waals surface area (Å²) in [5, 5.41) is 11.0. The zero-order valence-corrected chi connectivity index (χ0v) is 18.2. The zero-order chi connectivity index (χ0) is 22.5. The predicted octanol–water partition coefficient (Wildman–Crippen LogP) is 5.21. The minimum atomic E-state index is -0.458. The largest absolute Gasteiger partial charge is 0.494 e. The molecular weight excluding hydrogens is 422 g/mol. The van der Waals surface area contributed by atoms with Gasteiger partial charge in [0, 0.05) is 6.21 Å². The molecule has 6 nitrogen and oxygen atoms in total. The van der Waals surface area contributed by atoms with Crippen molar-refractivity contribution >= 4 is 24.1 Å². The molecule has 0 radical (unpaired) electrons. The van der Waals surface area contributed by atoms with Gasteiger partial charge in [0.1, 0.15) is 11.3 Å². The number of aliphatic imine (C=N–C) groups is 1. The van der Waals surface area contributed by atoms with Crippen LogP contribution in [0.3, 0.4) is 0 Å². The van der Waals surface area contributed by atoms with Crippen molar-refractivity contribution in [1.82, 2.24) is 9.13 Å². The fourth-order valence-electron chi connectivity index (χ4n) is 3.28. The quantitative estimate of drug-likeness (QED) is 0.328. The second-order valence-corrected chi connectivity index (χ2v) is 7.22. The highest BCUT2D eigenvalue weighted by Crippen LogP contribution is 2.23. The topological polar surface area (TPSA) is 68.8 Å². The van der Waals surface area contributed by atoms with E-state index in [0.717, 1.165) is 5.75 Å². The van der Waals surface area contributed by atoms with E-state index in [1.165, 1.54) is 15.3 Å². The Morgan fingerprint density at radius 1 is 0.906 bits per heavy atom. The average Bonchev–Trinajstić information content (AvgIpc) is 2.82. The molecule has 4 aromatic rings. The lowest BCUT2D eigenvalue weighted by molar-refractivity contribution is 0.340. The first-order valence-electron chi connectivity index (χ1n) is 10.1. The third kappa shape index (κ3) is 4.24. The van der Waals surface area contributed by atoms with Crippen LogP contribution in [0.4, 0.5) is 5.69 Å². The van der Waals surface area contributed by atoms with Crippen LogP contribution in [0.1, 0.15) is 12.5 Å². The summed E-state index contributed by atoms with van der Waals surface area (Å²) in [5.74, 6) is 0.464. The van der Waals surface area contributed by atoms with Crippen LogP contribution in [0.5, 0.6) is 11.6 Å². The number of benzene rings is 3. The Kier molecular flexibility index (Phi) is 6.28. The normalized spacial score (nSPS) is 11.0. The van der Waals surface area contributed by atoms with E-state index in [9.17, 15) is 9.90 Å².